The summed E-state index contributed by atoms with van der Waals surface area (Å²) in [6.07, 6.45) is 1.53. The third kappa shape index (κ3) is 7.65. The van der Waals surface area contributed by atoms with Crippen molar-refractivity contribution in [1.29, 1.82) is 5.26 Å². The average Bonchev–Trinajstić information content (AvgIpc) is 2.86. The average molecular weight is 471 g/mol. The summed E-state index contributed by atoms with van der Waals surface area (Å²) in [6, 6.07) is 24.1. The topological polar surface area (TPSA) is 80.6 Å². The van der Waals surface area contributed by atoms with Gasteiger partial charge in [0, 0.05) is 5.69 Å². The van der Waals surface area contributed by atoms with Crippen molar-refractivity contribution in [2.45, 2.75) is 26.2 Å². The molecule has 1 amide bonds. The molecule has 0 aliphatic rings. The first-order valence-electron chi connectivity index (χ1n) is 11.3. The van der Waals surface area contributed by atoms with Gasteiger partial charge < -0.3 is 19.5 Å². The van der Waals surface area contributed by atoms with Gasteiger partial charge in [-0.25, -0.2) is 0 Å². The van der Waals surface area contributed by atoms with Crippen LogP contribution in [0.1, 0.15) is 31.9 Å². The smallest absolute Gasteiger partial charge is 0.266 e. The summed E-state index contributed by atoms with van der Waals surface area (Å²) >= 11 is 0. The molecule has 0 aliphatic heterocycles. The van der Waals surface area contributed by atoms with Crippen molar-refractivity contribution in [2.24, 2.45) is 0 Å². The number of amides is 1. The van der Waals surface area contributed by atoms with Gasteiger partial charge in [0.05, 0.1) is 7.11 Å². The van der Waals surface area contributed by atoms with Gasteiger partial charge in [-0.1, -0.05) is 45.0 Å². The molecule has 0 atom stereocenters. The molecule has 180 valence electrons. The Bertz CT molecular complexity index is 1180. The minimum atomic E-state index is -0.481. The molecule has 0 aliphatic carbocycles. The van der Waals surface area contributed by atoms with Gasteiger partial charge in [0.25, 0.3) is 5.91 Å². The van der Waals surface area contributed by atoms with Crippen molar-refractivity contribution in [2.75, 3.05) is 25.6 Å². The monoisotopic (exact) mass is 470 g/mol. The number of ether oxygens (including phenoxy) is 3. The lowest BCUT2D eigenvalue weighted by Gasteiger charge is -2.19. The molecule has 0 heterocycles. The quantitative estimate of drug-likeness (QED) is 0.236. The molecule has 0 unspecified atom stereocenters. The summed E-state index contributed by atoms with van der Waals surface area (Å²) in [4.78, 5) is 12.5. The van der Waals surface area contributed by atoms with Crippen molar-refractivity contribution >= 4 is 17.7 Å². The SMILES string of the molecule is COc1ccc(NC(=O)/C(C#N)=C/c2ccc(OCCOc3ccc(C(C)(C)C)cc3)cc2)cc1. The Morgan fingerprint density at radius 2 is 1.37 bits per heavy atom. The highest BCUT2D eigenvalue weighted by molar-refractivity contribution is 6.09. The molecule has 0 radical (unpaired) electrons. The Balaban J connectivity index is 1.49. The van der Waals surface area contributed by atoms with Crippen molar-refractivity contribution in [3.8, 4) is 23.3 Å². The Hall–Kier alpha value is -4.24. The molecule has 1 N–H and O–H groups in total. The lowest BCUT2D eigenvalue weighted by molar-refractivity contribution is -0.112. The molecule has 0 saturated carbocycles. The van der Waals surface area contributed by atoms with Gasteiger partial charge in [-0.3, -0.25) is 4.79 Å². The lowest BCUT2D eigenvalue weighted by Crippen LogP contribution is -2.13. The zero-order valence-electron chi connectivity index (χ0n) is 20.5. The fourth-order valence-corrected chi connectivity index (χ4v) is 3.22. The molecule has 0 saturated heterocycles. The summed E-state index contributed by atoms with van der Waals surface area (Å²) in [5.41, 5.74) is 2.66. The standard InChI is InChI=1S/C29H30N2O4/c1-29(2,3)23-7-13-27(14-8-23)35-18-17-34-26-11-5-21(6-12-26)19-22(20-30)28(32)31-24-9-15-25(33-4)16-10-24/h5-16,19H,17-18H2,1-4H3,(H,31,32)/b22-19+. The molecule has 6 nitrogen and oxygen atoms in total. The van der Waals surface area contributed by atoms with Crippen LogP contribution in [0, 0.1) is 11.3 Å². The lowest BCUT2D eigenvalue weighted by atomic mass is 9.87. The highest BCUT2D eigenvalue weighted by atomic mass is 16.5. The minimum Gasteiger partial charge on any atom is -0.497 e. The highest BCUT2D eigenvalue weighted by Crippen LogP contribution is 2.24. The van der Waals surface area contributed by atoms with Gasteiger partial charge in [-0.05, 0) is 71.1 Å². The van der Waals surface area contributed by atoms with Crippen LogP contribution < -0.4 is 19.5 Å². The zero-order valence-corrected chi connectivity index (χ0v) is 20.5. The van der Waals surface area contributed by atoms with E-state index in [1.807, 2.05) is 18.2 Å². The number of hydrogen-bond acceptors (Lipinski definition) is 5. The predicted octanol–water partition coefficient (Wildman–Crippen LogP) is 6.00. The van der Waals surface area contributed by atoms with E-state index in [2.05, 4.69) is 38.2 Å². The van der Waals surface area contributed by atoms with Gasteiger partial charge >= 0.3 is 0 Å². The number of rotatable bonds is 9. The number of carbonyl (C=O) groups excluding carboxylic acids is 1. The molecular formula is C29H30N2O4. The van der Waals surface area contributed by atoms with E-state index in [-0.39, 0.29) is 11.0 Å². The molecule has 0 spiro atoms. The fourth-order valence-electron chi connectivity index (χ4n) is 3.22. The van der Waals surface area contributed by atoms with Crippen LogP contribution in [0.25, 0.3) is 6.08 Å². The zero-order chi connectivity index (χ0) is 25.3. The maximum Gasteiger partial charge on any atom is 0.266 e. The van der Waals surface area contributed by atoms with Crippen molar-refractivity contribution in [3.63, 3.8) is 0 Å². The van der Waals surface area contributed by atoms with Gasteiger partial charge in [0.2, 0.25) is 0 Å². The Kier molecular flexibility index (Phi) is 8.53. The van der Waals surface area contributed by atoms with Gasteiger partial charge in [0.1, 0.15) is 42.1 Å². The van der Waals surface area contributed by atoms with Crippen LogP contribution in [0.4, 0.5) is 5.69 Å². The predicted molar refractivity (Wildman–Crippen MR) is 138 cm³/mol. The van der Waals surface area contributed by atoms with Crippen molar-refractivity contribution in [3.05, 3.63) is 89.5 Å². The van der Waals surface area contributed by atoms with Crippen LogP contribution in [-0.4, -0.2) is 26.2 Å². The van der Waals surface area contributed by atoms with E-state index >= 15 is 0 Å². The maximum absolute atomic E-state index is 12.5. The minimum absolute atomic E-state index is 0.000338. The molecule has 0 fully saturated rings. The molecule has 3 aromatic rings. The molecule has 0 bridgehead atoms. The largest absolute Gasteiger partial charge is 0.497 e. The summed E-state index contributed by atoms with van der Waals surface area (Å²) < 4.78 is 16.6. The summed E-state index contributed by atoms with van der Waals surface area (Å²) in [5, 5.41) is 12.1. The molecule has 3 rings (SSSR count). The van der Waals surface area contributed by atoms with Crippen LogP contribution in [0.15, 0.2) is 78.4 Å². The van der Waals surface area contributed by atoms with Gasteiger partial charge in [-0.15, -0.1) is 0 Å². The van der Waals surface area contributed by atoms with E-state index in [0.29, 0.717) is 36.0 Å². The fraction of sp³-hybridized carbons (Fsp3) is 0.241. The second kappa shape index (κ2) is 11.8. The first-order valence-corrected chi connectivity index (χ1v) is 11.3. The highest BCUT2D eigenvalue weighted by Gasteiger charge is 2.13. The first kappa shape index (κ1) is 25.4. The van der Waals surface area contributed by atoms with E-state index in [9.17, 15) is 10.1 Å². The number of hydrogen-bond donors (Lipinski definition) is 1. The van der Waals surface area contributed by atoms with Crippen LogP contribution in [0.3, 0.4) is 0 Å². The van der Waals surface area contributed by atoms with Gasteiger partial charge in [-0.2, -0.15) is 5.26 Å². The van der Waals surface area contributed by atoms with E-state index in [4.69, 9.17) is 14.2 Å². The molecule has 35 heavy (non-hydrogen) atoms. The van der Waals surface area contributed by atoms with E-state index < -0.39 is 5.91 Å². The summed E-state index contributed by atoms with van der Waals surface area (Å²) in [7, 11) is 1.57. The van der Waals surface area contributed by atoms with Crippen LogP contribution in [-0.2, 0) is 10.2 Å². The van der Waals surface area contributed by atoms with E-state index in [1.165, 1.54) is 11.6 Å². The second-order valence-corrected chi connectivity index (χ2v) is 8.89. The molecule has 3 aromatic carbocycles. The van der Waals surface area contributed by atoms with Crippen LogP contribution in [0.2, 0.25) is 0 Å². The maximum atomic E-state index is 12.5. The van der Waals surface area contributed by atoms with Crippen molar-refractivity contribution < 1.29 is 19.0 Å². The number of benzene rings is 3. The third-order valence-electron chi connectivity index (χ3n) is 5.25. The first-order chi connectivity index (χ1) is 16.8. The third-order valence-corrected chi connectivity index (χ3v) is 5.25. The Morgan fingerprint density at radius 3 is 1.86 bits per heavy atom. The van der Waals surface area contributed by atoms with E-state index in [1.54, 1.807) is 55.6 Å². The van der Waals surface area contributed by atoms with Crippen molar-refractivity contribution in [1.82, 2.24) is 0 Å². The molecule has 6 heteroatoms. The number of methoxy groups -OCH3 is 1. The van der Waals surface area contributed by atoms with E-state index in [0.717, 1.165) is 5.75 Å². The number of anilines is 1. The molecular weight excluding hydrogens is 440 g/mol. The Labute approximate surface area is 206 Å². The normalized spacial score (nSPS) is 11.3. The summed E-state index contributed by atoms with van der Waals surface area (Å²) in [6.45, 7) is 7.34. The summed E-state index contributed by atoms with van der Waals surface area (Å²) in [5.74, 6) is 1.68. The molecule has 0 aromatic heterocycles. The Morgan fingerprint density at radius 1 is 0.857 bits per heavy atom. The number of nitriles is 1. The number of nitrogens with one attached hydrogen (secondary N) is 1. The van der Waals surface area contributed by atoms with Crippen LogP contribution in [0.5, 0.6) is 17.2 Å². The van der Waals surface area contributed by atoms with Gasteiger partial charge in [0.15, 0.2) is 0 Å². The number of carbonyl (C=O) groups is 1. The second-order valence-electron chi connectivity index (χ2n) is 8.89. The van der Waals surface area contributed by atoms with Crippen LogP contribution >= 0.6 is 0 Å². The number of nitrogens with zero attached hydrogens (tertiary/aromatic N) is 1.